The van der Waals surface area contributed by atoms with Crippen LogP contribution in [-0.2, 0) is 11.3 Å². The molecule has 5 rings (SSSR count). The monoisotopic (exact) mass is 465 g/mol. The van der Waals surface area contributed by atoms with Crippen molar-refractivity contribution in [1.29, 1.82) is 0 Å². The largest absolute Gasteiger partial charge is 0.383 e. The summed E-state index contributed by atoms with van der Waals surface area (Å²) in [6.07, 6.45) is 0. The van der Waals surface area contributed by atoms with Crippen LogP contribution in [0.1, 0.15) is 5.56 Å². The minimum Gasteiger partial charge on any atom is -0.383 e. The highest BCUT2D eigenvalue weighted by Gasteiger charge is 2.21. The highest BCUT2D eigenvalue weighted by Crippen LogP contribution is 2.33. The lowest BCUT2D eigenvalue weighted by molar-refractivity contribution is 0.0398. The van der Waals surface area contributed by atoms with Crippen LogP contribution in [0.4, 0.5) is 20.5 Å². The molecule has 0 unspecified atom stereocenters. The molecule has 176 valence electrons. The van der Waals surface area contributed by atoms with Gasteiger partial charge in [0.15, 0.2) is 5.65 Å². The molecule has 3 N–H and O–H groups in total. The van der Waals surface area contributed by atoms with Crippen LogP contribution in [-0.4, -0.2) is 64.0 Å². The molecule has 0 spiro atoms. The number of rotatable bonds is 7. The van der Waals surface area contributed by atoms with Crippen molar-refractivity contribution >= 4 is 22.8 Å². The molecule has 0 amide bonds. The standard InChI is InChI=1S/C24H25F2N7O/c25-17-6-7-18(19(26)14-17)21-20-22(27)33(15-16-4-2-1-3-5-16)31-23(20)30-24(29-21)28-8-9-32-10-12-34-13-11-32/h1-7,14H,8-13,15,27H2,(H,28,30,31). The van der Waals surface area contributed by atoms with Gasteiger partial charge in [0, 0.05) is 37.8 Å². The van der Waals surface area contributed by atoms with Crippen LogP contribution in [0, 0.1) is 11.6 Å². The fourth-order valence-corrected chi connectivity index (χ4v) is 4.04. The van der Waals surface area contributed by atoms with Gasteiger partial charge in [0.2, 0.25) is 5.95 Å². The van der Waals surface area contributed by atoms with Crippen LogP contribution in [0.5, 0.6) is 0 Å². The Labute approximate surface area is 195 Å². The predicted octanol–water partition coefficient (Wildman–Crippen LogP) is 3.15. The summed E-state index contributed by atoms with van der Waals surface area (Å²) >= 11 is 0. The fourth-order valence-electron chi connectivity index (χ4n) is 4.04. The second-order valence-electron chi connectivity index (χ2n) is 8.13. The second kappa shape index (κ2) is 9.70. The molecule has 1 aliphatic heterocycles. The van der Waals surface area contributed by atoms with Gasteiger partial charge in [0.1, 0.15) is 17.5 Å². The van der Waals surface area contributed by atoms with Gasteiger partial charge in [-0.1, -0.05) is 30.3 Å². The Balaban J connectivity index is 1.51. The van der Waals surface area contributed by atoms with Crippen LogP contribution >= 0.6 is 0 Å². The summed E-state index contributed by atoms with van der Waals surface area (Å²) in [6, 6.07) is 13.1. The van der Waals surface area contributed by atoms with Gasteiger partial charge in [-0.25, -0.2) is 18.4 Å². The molecule has 1 fully saturated rings. The quantitative estimate of drug-likeness (QED) is 0.433. The summed E-state index contributed by atoms with van der Waals surface area (Å²) in [5, 5.41) is 8.22. The number of fused-ring (bicyclic) bond motifs is 1. The number of nitrogens with one attached hydrogen (secondary N) is 1. The van der Waals surface area contributed by atoms with Crippen molar-refractivity contribution in [2.45, 2.75) is 6.54 Å². The van der Waals surface area contributed by atoms with Crippen molar-refractivity contribution in [3.05, 3.63) is 65.7 Å². The Hall–Kier alpha value is -3.63. The summed E-state index contributed by atoms with van der Waals surface area (Å²) < 4.78 is 35.4. The van der Waals surface area contributed by atoms with Crippen molar-refractivity contribution < 1.29 is 13.5 Å². The summed E-state index contributed by atoms with van der Waals surface area (Å²) in [5.41, 5.74) is 8.20. The van der Waals surface area contributed by atoms with E-state index in [1.165, 1.54) is 12.1 Å². The third-order valence-corrected chi connectivity index (χ3v) is 5.82. The number of ether oxygens (including phenoxy) is 1. The molecule has 0 aliphatic carbocycles. The van der Waals surface area contributed by atoms with Crippen molar-refractivity contribution in [3.8, 4) is 11.3 Å². The molecule has 1 aliphatic rings. The third-order valence-electron chi connectivity index (χ3n) is 5.82. The van der Waals surface area contributed by atoms with E-state index in [2.05, 4.69) is 25.3 Å². The Kier molecular flexibility index (Phi) is 6.33. The van der Waals surface area contributed by atoms with Crippen molar-refractivity contribution in [1.82, 2.24) is 24.6 Å². The number of anilines is 2. The Morgan fingerprint density at radius 2 is 1.82 bits per heavy atom. The first-order chi connectivity index (χ1) is 16.6. The molecule has 3 heterocycles. The number of halogens is 2. The molecule has 8 nitrogen and oxygen atoms in total. The zero-order valence-electron chi connectivity index (χ0n) is 18.5. The average molecular weight is 466 g/mol. The maximum atomic E-state index is 14.8. The van der Waals surface area contributed by atoms with E-state index >= 15 is 0 Å². The van der Waals surface area contributed by atoms with E-state index in [9.17, 15) is 8.78 Å². The first-order valence-electron chi connectivity index (χ1n) is 11.2. The first-order valence-corrected chi connectivity index (χ1v) is 11.2. The van der Waals surface area contributed by atoms with Gasteiger partial charge in [0.05, 0.1) is 30.8 Å². The molecule has 4 aromatic rings. The number of hydrogen-bond donors (Lipinski definition) is 2. The van der Waals surface area contributed by atoms with E-state index in [1.54, 1.807) is 4.68 Å². The first kappa shape index (κ1) is 22.2. The van der Waals surface area contributed by atoms with Crippen molar-refractivity contribution in [2.24, 2.45) is 0 Å². The van der Waals surface area contributed by atoms with Gasteiger partial charge in [-0.05, 0) is 17.7 Å². The predicted molar refractivity (Wildman–Crippen MR) is 126 cm³/mol. The van der Waals surface area contributed by atoms with Crippen molar-refractivity contribution in [2.75, 3.05) is 50.4 Å². The lowest BCUT2D eigenvalue weighted by Gasteiger charge is -2.26. The van der Waals surface area contributed by atoms with Crippen LogP contribution in [0.15, 0.2) is 48.5 Å². The number of nitrogens with zero attached hydrogens (tertiary/aromatic N) is 5. The Morgan fingerprint density at radius 3 is 2.59 bits per heavy atom. The zero-order chi connectivity index (χ0) is 23.5. The van der Waals surface area contributed by atoms with Crippen LogP contribution in [0.2, 0.25) is 0 Å². The zero-order valence-corrected chi connectivity index (χ0v) is 18.5. The van der Waals surface area contributed by atoms with Crippen LogP contribution < -0.4 is 11.1 Å². The molecule has 2 aromatic heterocycles. The summed E-state index contributed by atoms with van der Waals surface area (Å²) in [7, 11) is 0. The van der Waals surface area contributed by atoms with Gasteiger partial charge in [-0.3, -0.25) is 4.90 Å². The summed E-state index contributed by atoms with van der Waals surface area (Å²) in [6.45, 7) is 4.98. The third kappa shape index (κ3) is 4.68. The molecule has 2 aromatic carbocycles. The maximum absolute atomic E-state index is 14.8. The highest BCUT2D eigenvalue weighted by molar-refractivity contribution is 5.99. The Bertz CT molecular complexity index is 1290. The van der Waals surface area contributed by atoms with E-state index in [0.29, 0.717) is 49.1 Å². The van der Waals surface area contributed by atoms with E-state index in [-0.39, 0.29) is 11.3 Å². The molecular weight excluding hydrogens is 440 g/mol. The molecule has 0 atom stereocenters. The van der Waals surface area contributed by atoms with Gasteiger partial charge >= 0.3 is 0 Å². The molecular formula is C24H25F2N7O. The molecule has 10 heteroatoms. The van der Waals surface area contributed by atoms with Crippen LogP contribution in [0.25, 0.3) is 22.3 Å². The molecule has 0 saturated carbocycles. The number of morpholine rings is 1. The smallest absolute Gasteiger partial charge is 0.225 e. The van der Waals surface area contributed by atoms with E-state index in [1.807, 2.05) is 30.3 Å². The maximum Gasteiger partial charge on any atom is 0.225 e. The van der Waals surface area contributed by atoms with Crippen molar-refractivity contribution in [3.63, 3.8) is 0 Å². The molecule has 34 heavy (non-hydrogen) atoms. The summed E-state index contributed by atoms with van der Waals surface area (Å²) in [4.78, 5) is 11.4. The lowest BCUT2D eigenvalue weighted by Crippen LogP contribution is -2.39. The van der Waals surface area contributed by atoms with Gasteiger partial charge in [0.25, 0.3) is 0 Å². The number of benzene rings is 2. The number of nitrogen functional groups attached to an aromatic ring is 1. The Morgan fingerprint density at radius 1 is 1.03 bits per heavy atom. The summed E-state index contributed by atoms with van der Waals surface area (Å²) in [5.74, 6) is -0.765. The number of nitrogens with two attached hydrogens (primary N) is 1. The van der Waals surface area contributed by atoms with E-state index in [0.717, 1.165) is 31.3 Å². The fraction of sp³-hybridized carbons (Fsp3) is 0.292. The van der Waals surface area contributed by atoms with Gasteiger partial charge in [-0.2, -0.15) is 4.98 Å². The normalized spacial score (nSPS) is 14.5. The lowest BCUT2D eigenvalue weighted by atomic mass is 10.1. The minimum atomic E-state index is -0.727. The number of hydrogen-bond acceptors (Lipinski definition) is 7. The molecule has 0 bridgehead atoms. The molecule has 0 radical (unpaired) electrons. The second-order valence-corrected chi connectivity index (χ2v) is 8.13. The number of aromatic nitrogens is 4. The van der Waals surface area contributed by atoms with E-state index in [4.69, 9.17) is 10.5 Å². The van der Waals surface area contributed by atoms with Gasteiger partial charge < -0.3 is 15.8 Å². The average Bonchev–Trinajstić information content (AvgIpc) is 3.15. The highest BCUT2D eigenvalue weighted by atomic mass is 19.1. The topological polar surface area (TPSA) is 94.1 Å². The minimum absolute atomic E-state index is 0.135. The van der Waals surface area contributed by atoms with E-state index < -0.39 is 11.6 Å². The SMILES string of the molecule is Nc1c2c(-c3ccc(F)cc3F)nc(NCCN3CCOCC3)nc2nn1Cc1ccccc1. The van der Waals surface area contributed by atoms with Crippen LogP contribution in [0.3, 0.4) is 0 Å². The van der Waals surface area contributed by atoms with Gasteiger partial charge in [-0.15, -0.1) is 5.10 Å². The molecule has 1 saturated heterocycles.